The average molecular weight is 270 g/mol. The van der Waals surface area contributed by atoms with E-state index in [-0.39, 0.29) is 6.03 Å². The molecule has 0 spiro atoms. The Balaban J connectivity index is 3.92. The lowest BCUT2D eigenvalue weighted by atomic mass is 10.2. The van der Waals surface area contributed by atoms with Crippen LogP contribution in [0.25, 0.3) is 0 Å². The molecule has 0 aromatic rings. The predicted molar refractivity (Wildman–Crippen MR) is 81.8 cm³/mol. The summed E-state index contributed by atoms with van der Waals surface area (Å²) in [5.74, 6) is 0. The summed E-state index contributed by atoms with van der Waals surface area (Å²) in [7, 11) is 3.36. The number of hydrogen-bond donors (Lipinski definition) is 1. The molecule has 0 aromatic carbocycles. The van der Waals surface area contributed by atoms with Crippen LogP contribution in [0.3, 0.4) is 0 Å². The van der Waals surface area contributed by atoms with Crippen LogP contribution in [0.15, 0.2) is 4.99 Å². The number of nitrogens with zero attached hydrogens (tertiary/aromatic N) is 3. The van der Waals surface area contributed by atoms with Crippen LogP contribution in [-0.4, -0.2) is 62.4 Å². The Hall–Kier alpha value is -1.10. The Kier molecular flexibility index (Phi) is 11.3. The van der Waals surface area contributed by atoms with Crippen molar-refractivity contribution >= 4 is 12.4 Å². The summed E-state index contributed by atoms with van der Waals surface area (Å²) >= 11 is 0. The lowest BCUT2D eigenvalue weighted by molar-refractivity contribution is 0.221. The van der Waals surface area contributed by atoms with Gasteiger partial charge in [-0.25, -0.2) is 4.79 Å². The fraction of sp³-hybridized carbons (Fsp3) is 0.857. The van der Waals surface area contributed by atoms with Gasteiger partial charge in [-0.05, 0) is 25.9 Å². The fourth-order valence-electron chi connectivity index (χ4n) is 1.77. The molecule has 0 atom stereocenters. The van der Waals surface area contributed by atoms with Crippen LogP contribution in [0.5, 0.6) is 0 Å². The van der Waals surface area contributed by atoms with Gasteiger partial charge in [0.05, 0.1) is 6.34 Å². The molecule has 5 heteroatoms. The van der Waals surface area contributed by atoms with Gasteiger partial charge in [0, 0.05) is 27.2 Å². The first kappa shape index (κ1) is 17.9. The highest BCUT2D eigenvalue weighted by Gasteiger charge is 2.07. The Morgan fingerprint density at radius 2 is 1.74 bits per heavy atom. The quantitative estimate of drug-likeness (QED) is 0.488. The topological polar surface area (TPSA) is 47.9 Å². The van der Waals surface area contributed by atoms with Crippen molar-refractivity contribution in [2.24, 2.45) is 4.99 Å². The van der Waals surface area contributed by atoms with Crippen LogP contribution in [0, 0.1) is 0 Å². The van der Waals surface area contributed by atoms with E-state index in [1.54, 1.807) is 14.1 Å². The number of amides is 2. The normalized spacial score (nSPS) is 11.2. The minimum Gasteiger partial charge on any atom is -0.336 e. The minimum atomic E-state index is -0.100. The van der Waals surface area contributed by atoms with Gasteiger partial charge in [-0.1, -0.05) is 26.7 Å². The SMILES string of the molecule is CCCCN(CCCC)CCNC(=O)N(C)C=NC. The zero-order chi connectivity index (χ0) is 14.5. The summed E-state index contributed by atoms with van der Waals surface area (Å²) in [6.07, 6.45) is 6.39. The molecule has 0 aliphatic heterocycles. The number of rotatable bonds is 10. The summed E-state index contributed by atoms with van der Waals surface area (Å²) in [6.45, 7) is 8.27. The molecule has 0 aliphatic rings. The maximum atomic E-state index is 11.6. The van der Waals surface area contributed by atoms with Gasteiger partial charge < -0.3 is 10.2 Å². The van der Waals surface area contributed by atoms with Crippen LogP contribution < -0.4 is 5.32 Å². The van der Waals surface area contributed by atoms with Crippen LogP contribution in [0.1, 0.15) is 39.5 Å². The number of unbranched alkanes of at least 4 members (excludes halogenated alkanes) is 2. The number of urea groups is 1. The molecule has 0 saturated heterocycles. The Morgan fingerprint density at radius 3 is 2.21 bits per heavy atom. The largest absolute Gasteiger partial charge is 0.336 e. The van der Waals surface area contributed by atoms with Crippen molar-refractivity contribution in [1.82, 2.24) is 15.1 Å². The number of carbonyl (C=O) groups is 1. The van der Waals surface area contributed by atoms with Crippen molar-refractivity contribution in [1.29, 1.82) is 0 Å². The van der Waals surface area contributed by atoms with E-state index >= 15 is 0 Å². The first-order valence-electron chi connectivity index (χ1n) is 7.31. The third-order valence-corrected chi connectivity index (χ3v) is 2.97. The van der Waals surface area contributed by atoms with Gasteiger partial charge in [-0.3, -0.25) is 9.89 Å². The highest BCUT2D eigenvalue weighted by molar-refractivity contribution is 5.85. The molecule has 0 aliphatic carbocycles. The maximum absolute atomic E-state index is 11.6. The fourth-order valence-corrected chi connectivity index (χ4v) is 1.77. The second-order valence-electron chi connectivity index (χ2n) is 4.77. The molecule has 19 heavy (non-hydrogen) atoms. The molecular weight excluding hydrogens is 240 g/mol. The van der Waals surface area contributed by atoms with E-state index in [0.717, 1.165) is 19.6 Å². The number of aliphatic imine (C=N–C) groups is 1. The van der Waals surface area contributed by atoms with Crippen molar-refractivity contribution < 1.29 is 4.79 Å². The van der Waals surface area contributed by atoms with Gasteiger partial charge in [-0.2, -0.15) is 0 Å². The van der Waals surface area contributed by atoms with Gasteiger partial charge in [0.15, 0.2) is 0 Å². The van der Waals surface area contributed by atoms with E-state index < -0.39 is 0 Å². The van der Waals surface area contributed by atoms with Crippen molar-refractivity contribution in [2.75, 3.05) is 40.3 Å². The molecule has 0 saturated carbocycles. The second kappa shape index (κ2) is 12.0. The van der Waals surface area contributed by atoms with E-state index in [1.165, 1.54) is 36.9 Å². The highest BCUT2D eigenvalue weighted by atomic mass is 16.2. The third-order valence-electron chi connectivity index (χ3n) is 2.97. The third kappa shape index (κ3) is 9.47. The molecule has 0 aromatic heterocycles. The molecule has 5 nitrogen and oxygen atoms in total. The molecule has 0 bridgehead atoms. The molecule has 0 heterocycles. The molecule has 0 fully saturated rings. The molecule has 0 unspecified atom stereocenters. The van der Waals surface area contributed by atoms with Gasteiger partial charge >= 0.3 is 6.03 Å². The smallest absolute Gasteiger partial charge is 0.322 e. The van der Waals surface area contributed by atoms with Crippen molar-refractivity contribution in [3.05, 3.63) is 0 Å². The number of carbonyl (C=O) groups excluding carboxylic acids is 1. The Morgan fingerprint density at radius 1 is 1.16 bits per heavy atom. The first-order valence-corrected chi connectivity index (χ1v) is 7.31. The average Bonchev–Trinajstić information content (AvgIpc) is 2.41. The maximum Gasteiger partial charge on any atom is 0.322 e. The van der Waals surface area contributed by atoms with Gasteiger partial charge in [-0.15, -0.1) is 0 Å². The van der Waals surface area contributed by atoms with E-state index in [4.69, 9.17) is 0 Å². The number of nitrogens with one attached hydrogen (secondary N) is 1. The van der Waals surface area contributed by atoms with Crippen molar-refractivity contribution in [3.8, 4) is 0 Å². The van der Waals surface area contributed by atoms with Crippen LogP contribution in [-0.2, 0) is 0 Å². The lowest BCUT2D eigenvalue weighted by Gasteiger charge is -2.22. The molecular formula is C14H30N4O. The van der Waals surface area contributed by atoms with E-state index in [2.05, 4.69) is 29.1 Å². The summed E-state index contributed by atoms with van der Waals surface area (Å²) < 4.78 is 0. The van der Waals surface area contributed by atoms with Crippen LogP contribution >= 0.6 is 0 Å². The lowest BCUT2D eigenvalue weighted by Crippen LogP contribution is -2.41. The zero-order valence-electron chi connectivity index (χ0n) is 13.0. The summed E-state index contributed by atoms with van der Waals surface area (Å²) in [5.41, 5.74) is 0. The molecule has 2 amide bonds. The zero-order valence-corrected chi connectivity index (χ0v) is 13.0. The molecule has 112 valence electrons. The van der Waals surface area contributed by atoms with Crippen molar-refractivity contribution in [2.45, 2.75) is 39.5 Å². The highest BCUT2D eigenvalue weighted by Crippen LogP contribution is 1.98. The summed E-state index contributed by atoms with van der Waals surface area (Å²) in [4.78, 5) is 19.4. The predicted octanol–water partition coefficient (Wildman–Crippen LogP) is 2.19. The summed E-state index contributed by atoms with van der Waals surface area (Å²) in [5, 5.41) is 2.90. The Labute approximate surface area is 118 Å². The van der Waals surface area contributed by atoms with Crippen molar-refractivity contribution in [3.63, 3.8) is 0 Å². The van der Waals surface area contributed by atoms with Crippen LogP contribution in [0.4, 0.5) is 4.79 Å². The van der Waals surface area contributed by atoms with Gasteiger partial charge in [0.1, 0.15) is 0 Å². The molecule has 1 N–H and O–H groups in total. The molecule has 0 radical (unpaired) electrons. The Bertz CT molecular complexity index is 248. The second-order valence-corrected chi connectivity index (χ2v) is 4.77. The standard InChI is InChI=1S/C14H30N4O/c1-5-7-10-18(11-8-6-2)12-9-16-14(19)17(4)13-15-3/h13H,5-12H2,1-4H3,(H,16,19). The minimum absolute atomic E-state index is 0.100. The monoisotopic (exact) mass is 270 g/mol. The van der Waals surface area contributed by atoms with Gasteiger partial charge in [0.2, 0.25) is 0 Å². The summed E-state index contributed by atoms with van der Waals surface area (Å²) in [6, 6.07) is -0.100. The van der Waals surface area contributed by atoms with E-state index in [9.17, 15) is 4.79 Å². The van der Waals surface area contributed by atoms with Crippen LogP contribution in [0.2, 0.25) is 0 Å². The number of hydrogen-bond acceptors (Lipinski definition) is 3. The van der Waals surface area contributed by atoms with E-state index in [0.29, 0.717) is 6.54 Å². The first-order chi connectivity index (χ1) is 9.15. The van der Waals surface area contributed by atoms with E-state index in [1.807, 2.05) is 0 Å². The molecule has 0 rings (SSSR count). The van der Waals surface area contributed by atoms with Gasteiger partial charge in [0.25, 0.3) is 0 Å².